The van der Waals surface area contributed by atoms with Crippen LogP contribution in [0, 0.1) is 12.8 Å². The van der Waals surface area contributed by atoms with Crippen LogP contribution in [0.25, 0.3) is 5.82 Å². The maximum absolute atomic E-state index is 5.55. The second-order valence-electron chi connectivity index (χ2n) is 5.12. The largest absolute Gasteiger partial charge is 0.379 e. The van der Waals surface area contributed by atoms with E-state index in [4.69, 9.17) is 4.74 Å². The molecule has 106 valence electrons. The molecular weight excluding hydrogens is 254 g/mol. The van der Waals surface area contributed by atoms with Crippen LogP contribution in [0.1, 0.15) is 18.5 Å². The molecule has 0 atom stereocenters. The molecule has 3 rings (SSSR count). The molecule has 20 heavy (non-hydrogen) atoms. The minimum atomic E-state index is 0.707. The molecule has 1 fully saturated rings. The quantitative estimate of drug-likeness (QED) is 0.779. The summed E-state index contributed by atoms with van der Waals surface area (Å²) >= 11 is 0. The van der Waals surface area contributed by atoms with Crippen molar-refractivity contribution in [1.29, 1.82) is 0 Å². The average molecular weight is 273 g/mol. The molecule has 0 amide bonds. The molecule has 0 spiro atoms. The molecule has 2 aromatic rings. The minimum absolute atomic E-state index is 0.707. The molecule has 1 saturated carbocycles. The minimum Gasteiger partial charge on any atom is -0.379 e. The van der Waals surface area contributed by atoms with E-state index in [1.54, 1.807) is 4.68 Å². The van der Waals surface area contributed by atoms with E-state index >= 15 is 0 Å². The number of aryl methyl sites for hydroxylation is 1. The van der Waals surface area contributed by atoms with Crippen LogP contribution in [0.2, 0.25) is 0 Å². The lowest BCUT2D eigenvalue weighted by molar-refractivity contribution is 0.134. The Bertz CT molecular complexity index is 547. The molecule has 2 heterocycles. The maximum Gasteiger partial charge on any atom is 0.175 e. The zero-order valence-corrected chi connectivity index (χ0v) is 11.6. The van der Waals surface area contributed by atoms with Crippen molar-refractivity contribution in [3.63, 3.8) is 0 Å². The van der Waals surface area contributed by atoms with E-state index in [1.165, 1.54) is 12.8 Å². The highest BCUT2D eigenvalue weighted by atomic mass is 16.5. The van der Waals surface area contributed by atoms with Gasteiger partial charge in [0.15, 0.2) is 5.82 Å². The molecular formula is C14H19N5O. The Morgan fingerprint density at radius 2 is 2.20 bits per heavy atom. The second kappa shape index (κ2) is 6.00. The van der Waals surface area contributed by atoms with Crippen molar-refractivity contribution >= 4 is 5.82 Å². The molecule has 1 aliphatic rings. The standard InChI is InChI=1S/C14H19N5O/c1-11-6-8-19(18-11)14-5-4-13(16-17-14)15-7-9-20-10-12-2-3-12/h4-6,8,12H,2-3,7,9-10H2,1H3,(H,15,16). The molecule has 0 unspecified atom stereocenters. The van der Waals surface area contributed by atoms with E-state index in [0.717, 1.165) is 30.6 Å². The lowest BCUT2D eigenvalue weighted by Crippen LogP contribution is -2.12. The monoisotopic (exact) mass is 273 g/mol. The Labute approximate surface area is 118 Å². The predicted molar refractivity (Wildman–Crippen MR) is 75.9 cm³/mol. The molecule has 0 saturated heterocycles. The van der Waals surface area contributed by atoms with Gasteiger partial charge < -0.3 is 10.1 Å². The Morgan fingerprint density at radius 1 is 1.30 bits per heavy atom. The fourth-order valence-corrected chi connectivity index (χ4v) is 1.87. The highest BCUT2D eigenvalue weighted by Gasteiger charge is 2.20. The van der Waals surface area contributed by atoms with Gasteiger partial charge in [0.2, 0.25) is 0 Å². The summed E-state index contributed by atoms with van der Waals surface area (Å²) in [5.41, 5.74) is 0.960. The maximum atomic E-state index is 5.55. The highest BCUT2D eigenvalue weighted by molar-refractivity contribution is 5.36. The van der Waals surface area contributed by atoms with Gasteiger partial charge in [0.1, 0.15) is 5.82 Å². The van der Waals surface area contributed by atoms with Crippen LogP contribution in [0.4, 0.5) is 5.82 Å². The number of aromatic nitrogens is 4. The molecule has 1 aliphatic carbocycles. The average Bonchev–Trinajstić information content (AvgIpc) is 3.19. The van der Waals surface area contributed by atoms with E-state index in [9.17, 15) is 0 Å². The van der Waals surface area contributed by atoms with Gasteiger partial charge in [0.05, 0.1) is 12.3 Å². The fraction of sp³-hybridized carbons (Fsp3) is 0.500. The zero-order chi connectivity index (χ0) is 13.8. The van der Waals surface area contributed by atoms with Crippen LogP contribution >= 0.6 is 0 Å². The summed E-state index contributed by atoms with van der Waals surface area (Å²) in [5.74, 6) is 2.29. The summed E-state index contributed by atoms with van der Waals surface area (Å²) in [6.07, 6.45) is 4.53. The summed E-state index contributed by atoms with van der Waals surface area (Å²) in [6, 6.07) is 5.73. The summed E-state index contributed by atoms with van der Waals surface area (Å²) in [6.45, 7) is 4.30. The number of nitrogens with one attached hydrogen (secondary N) is 1. The first kappa shape index (κ1) is 13.1. The van der Waals surface area contributed by atoms with Gasteiger partial charge in [-0.25, -0.2) is 4.68 Å². The van der Waals surface area contributed by atoms with Crippen molar-refractivity contribution < 1.29 is 4.74 Å². The van der Waals surface area contributed by atoms with Gasteiger partial charge in [-0.3, -0.25) is 0 Å². The van der Waals surface area contributed by atoms with Crippen LogP contribution in [0.5, 0.6) is 0 Å². The number of anilines is 1. The lowest BCUT2D eigenvalue weighted by atomic mass is 10.4. The van der Waals surface area contributed by atoms with E-state index in [-0.39, 0.29) is 0 Å². The van der Waals surface area contributed by atoms with Crippen LogP contribution in [0.15, 0.2) is 24.4 Å². The Kier molecular flexibility index (Phi) is 3.92. The van der Waals surface area contributed by atoms with Gasteiger partial charge >= 0.3 is 0 Å². The first-order valence-corrected chi connectivity index (χ1v) is 6.99. The van der Waals surface area contributed by atoms with Crippen molar-refractivity contribution in [3.8, 4) is 5.82 Å². The Hall–Kier alpha value is -1.95. The SMILES string of the molecule is Cc1ccn(-c2ccc(NCCOCC3CC3)nn2)n1. The van der Waals surface area contributed by atoms with Crippen LogP contribution < -0.4 is 5.32 Å². The van der Waals surface area contributed by atoms with Gasteiger partial charge in [0, 0.05) is 19.3 Å². The Balaban J connectivity index is 1.45. The summed E-state index contributed by atoms with van der Waals surface area (Å²) in [7, 11) is 0. The Morgan fingerprint density at radius 3 is 2.85 bits per heavy atom. The second-order valence-corrected chi connectivity index (χ2v) is 5.12. The molecule has 6 heteroatoms. The topological polar surface area (TPSA) is 64.9 Å². The normalized spacial score (nSPS) is 14.4. The summed E-state index contributed by atoms with van der Waals surface area (Å²) < 4.78 is 7.26. The third-order valence-electron chi connectivity index (χ3n) is 3.21. The lowest BCUT2D eigenvalue weighted by Gasteiger charge is -2.06. The van der Waals surface area contributed by atoms with Crippen molar-refractivity contribution in [2.45, 2.75) is 19.8 Å². The molecule has 0 radical (unpaired) electrons. The van der Waals surface area contributed by atoms with Gasteiger partial charge in [-0.1, -0.05) is 0 Å². The molecule has 2 aromatic heterocycles. The number of hydrogen-bond donors (Lipinski definition) is 1. The van der Waals surface area contributed by atoms with Crippen LogP contribution in [-0.2, 0) is 4.74 Å². The van der Waals surface area contributed by atoms with Gasteiger partial charge in [-0.05, 0) is 43.9 Å². The zero-order valence-electron chi connectivity index (χ0n) is 11.6. The number of rotatable bonds is 7. The van der Waals surface area contributed by atoms with E-state index < -0.39 is 0 Å². The number of hydrogen-bond acceptors (Lipinski definition) is 5. The number of ether oxygens (including phenoxy) is 1. The predicted octanol–water partition coefficient (Wildman–Crippen LogP) is 1.81. The van der Waals surface area contributed by atoms with Crippen LogP contribution in [-0.4, -0.2) is 39.7 Å². The smallest absolute Gasteiger partial charge is 0.175 e. The first-order chi connectivity index (χ1) is 9.81. The van der Waals surface area contributed by atoms with E-state index in [2.05, 4.69) is 20.6 Å². The first-order valence-electron chi connectivity index (χ1n) is 6.99. The summed E-state index contributed by atoms with van der Waals surface area (Å²) in [5, 5.41) is 15.8. The third-order valence-corrected chi connectivity index (χ3v) is 3.21. The molecule has 0 aromatic carbocycles. The molecule has 1 N–H and O–H groups in total. The number of nitrogens with zero attached hydrogens (tertiary/aromatic N) is 4. The van der Waals surface area contributed by atoms with Gasteiger partial charge in [-0.15, -0.1) is 10.2 Å². The summed E-state index contributed by atoms with van der Waals surface area (Å²) in [4.78, 5) is 0. The molecule has 0 bridgehead atoms. The van der Waals surface area contributed by atoms with Crippen LogP contribution in [0.3, 0.4) is 0 Å². The molecule has 6 nitrogen and oxygen atoms in total. The van der Waals surface area contributed by atoms with Crippen molar-refractivity contribution in [2.75, 3.05) is 25.1 Å². The third kappa shape index (κ3) is 3.54. The van der Waals surface area contributed by atoms with Gasteiger partial charge in [0.25, 0.3) is 0 Å². The fourth-order valence-electron chi connectivity index (χ4n) is 1.87. The van der Waals surface area contributed by atoms with Gasteiger partial charge in [-0.2, -0.15) is 5.10 Å². The van der Waals surface area contributed by atoms with Crippen molar-refractivity contribution in [3.05, 3.63) is 30.1 Å². The van der Waals surface area contributed by atoms with Crippen molar-refractivity contribution in [1.82, 2.24) is 20.0 Å². The highest BCUT2D eigenvalue weighted by Crippen LogP contribution is 2.28. The van der Waals surface area contributed by atoms with E-state index in [1.807, 2.05) is 31.3 Å². The molecule has 0 aliphatic heterocycles. The van der Waals surface area contributed by atoms with E-state index in [0.29, 0.717) is 12.4 Å². The van der Waals surface area contributed by atoms with Crippen molar-refractivity contribution in [2.24, 2.45) is 5.92 Å².